The van der Waals surface area contributed by atoms with Crippen molar-refractivity contribution in [2.45, 2.75) is 31.9 Å². The van der Waals surface area contributed by atoms with Crippen molar-refractivity contribution in [3.05, 3.63) is 0 Å². The van der Waals surface area contributed by atoms with Crippen molar-refractivity contribution >= 4 is 0 Å². The molecule has 2 unspecified atom stereocenters. The van der Waals surface area contributed by atoms with Gasteiger partial charge in [0.15, 0.2) is 0 Å². The van der Waals surface area contributed by atoms with Crippen molar-refractivity contribution in [3.8, 4) is 0 Å². The zero-order valence-electron chi connectivity index (χ0n) is 9.92. The Morgan fingerprint density at radius 2 is 2.40 bits per heavy atom. The third-order valence-corrected chi connectivity index (χ3v) is 2.65. The second kappa shape index (κ2) is 8.05. The topological polar surface area (TPSA) is 42.5 Å². The van der Waals surface area contributed by atoms with Crippen LogP contribution < -0.4 is 10.6 Å². The second-order valence-corrected chi connectivity index (χ2v) is 4.14. The van der Waals surface area contributed by atoms with Gasteiger partial charge in [-0.2, -0.15) is 0 Å². The van der Waals surface area contributed by atoms with Crippen LogP contribution in [0.3, 0.4) is 0 Å². The third kappa shape index (κ3) is 6.10. The molecule has 0 aliphatic carbocycles. The monoisotopic (exact) mass is 216 g/mol. The molecule has 1 saturated heterocycles. The standard InChI is InChI=1S/C11H24N2O2/c1-10(13-5-7-14-2)8-12-9-11-4-3-6-15-11/h10-13H,3-9H2,1-2H3. The maximum Gasteiger partial charge on any atom is 0.0700 e. The fourth-order valence-corrected chi connectivity index (χ4v) is 1.75. The summed E-state index contributed by atoms with van der Waals surface area (Å²) in [5.41, 5.74) is 0. The normalized spacial score (nSPS) is 23.2. The molecule has 0 saturated carbocycles. The van der Waals surface area contributed by atoms with Gasteiger partial charge < -0.3 is 20.1 Å². The van der Waals surface area contributed by atoms with Gasteiger partial charge in [0, 0.05) is 39.4 Å². The summed E-state index contributed by atoms with van der Waals surface area (Å²) in [6, 6.07) is 0.488. The lowest BCUT2D eigenvalue weighted by Gasteiger charge is -2.16. The quantitative estimate of drug-likeness (QED) is 0.576. The average Bonchev–Trinajstić information content (AvgIpc) is 2.71. The summed E-state index contributed by atoms with van der Waals surface area (Å²) in [7, 11) is 1.72. The lowest BCUT2D eigenvalue weighted by Crippen LogP contribution is -2.40. The Kier molecular flexibility index (Phi) is 6.92. The predicted molar refractivity (Wildman–Crippen MR) is 61.2 cm³/mol. The Hall–Kier alpha value is -0.160. The van der Waals surface area contributed by atoms with Crippen LogP contribution in [-0.2, 0) is 9.47 Å². The van der Waals surface area contributed by atoms with Gasteiger partial charge in [-0.05, 0) is 19.8 Å². The number of hydrogen-bond acceptors (Lipinski definition) is 4. The summed E-state index contributed by atoms with van der Waals surface area (Å²) in [6.45, 7) is 6.78. The number of methoxy groups -OCH3 is 1. The van der Waals surface area contributed by atoms with Gasteiger partial charge in [0.25, 0.3) is 0 Å². The van der Waals surface area contributed by atoms with Crippen molar-refractivity contribution in [2.24, 2.45) is 0 Å². The summed E-state index contributed by atoms with van der Waals surface area (Å²) >= 11 is 0. The summed E-state index contributed by atoms with van der Waals surface area (Å²) in [5, 5.41) is 6.81. The van der Waals surface area contributed by atoms with Crippen LogP contribution in [0, 0.1) is 0 Å². The summed E-state index contributed by atoms with van der Waals surface area (Å²) < 4.78 is 10.5. The van der Waals surface area contributed by atoms with Crippen LogP contribution in [0.4, 0.5) is 0 Å². The highest BCUT2D eigenvalue weighted by Crippen LogP contribution is 2.10. The third-order valence-electron chi connectivity index (χ3n) is 2.65. The molecule has 4 nitrogen and oxygen atoms in total. The Bertz CT molecular complexity index is 150. The highest BCUT2D eigenvalue weighted by molar-refractivity contribution is 4.70. The fraction of sp³-hybridized carbons (Fsp3) is 1.00. The van der Waals surface area contributed by atoms with Crippen molar-refractivity contribution in [1.29, 1.82) is 0 Å². The van der Waals surface area contributed by atoms with E-state index < -0.39 is 0 Å². The Labute approximate surface area is 92.7 Å². The molecule has 0 bridgehead atoms. The predicted octanol–water partition coefficient (Wildman–Crippen LogP) is 0.380. The molecule has 0 spiro atoms. The molecule has 0 aromatic heterocycles. The molecule has 1 fully saturated rings. The summed E-state index contributed by atoms with van der Waals surface area (Å²) in [5.74, 6) is 0. The molecule has 2 N–H and O–H groups in total. The first-order chi connectivity index (χ1) is 7.33. The maximum atomic E-state index is 5.53. The van der Waals surface area contributed by atoms with E-state index >= 15 is 0 Å². The van der Waals surface area contributed by atoms with E-state index in [-0.39, 0.29) is 0 Å². The highest BCUT2D eigenvalue weighted by atomic mass is 16.5. The van der Waals surface area contributed by atoms with Crippen LogP contribution in [-0.4, -0.2) is 52.1 Å². The first-order valence-corrected chi connectivity index (χ1v) is 5.87. The van der Waals surface area contributed by atoms with Crippen molar-refractivity contribution in [1.82, 2.24) is 10.6 Å². The van der Waals surface area contributed by atoms with Crippen LogP contribution in [0.1, 0.15) is 19.8 Å². The molecule has 4 heteroatoms. The minimum Gasteiger partial charge on any atom is -0.383 e. The van der Waals surface area contributed by atoms with Crippen LogP contribution in [0.15, 0.2) is 0 Å². The van der Waals surface area contributed by atoms with E-state index in [1.165, 1.54) is 12.8 Å². The van der Waals surface area contributed by atoms with E-state index in [0.29, 0.717) is 12.1 Å². The largest absolute Gasteiger partial charge is 0.383 e. The zero-order valence-corrected chi connectivity index (χ0v) is 9.92. The average molecular weight is 216 g/mol. The van der Waals surface area contributed by atoms with Gasteiger partial charge in [0.1, 0.15) is 0 Å². The van der Waals surface area contributed by atoms with Crippen LogP contribution in [0.5, 0.6) is 0 Å². The van der Waals surface area contributed by atoms with Crippen molar-refractivity contribution < 1.29 is 9.47 Å². The number of rotatable bonds is 8. The van der Waals surface area contributed by atoms with E-state index in [2.05, 4.69) is 17.6 Å². The molecule has 1 aliphatic rings. The smallest absolute Gasteiger partial charge is 0.0700 e. The second-order valence-electron chi connectivity index (χ2n) is 4.14. The molecule has 15 heavy (non-hydrogen) atoms. The first kappa shape index (κ1) is 12.9. The fourth-order valence-electron chi connectivity index (χ4n) is 1.75. The lowest BCUT2D eigenvalue weighted by molar-refractivity contribution is 0.109. The van der Waals surface area contributed by atoms with Gasteiger partial charge in [0.05, 0.1) is 12.7 Å². The lowest BCUT2D eigenvalue weighted by atomic mass is 10.2. The van der Waals surface area contributed by atoms with Gasteiger partial charge in [-0.25, -0.2) is 0 Å². The van der Waals surface area contributed by atoms with E-state index in [4.69, 9.17) is 9.47 Å². The molecule has 0 aromatic rings. The van der Waals surface area contributed by atoms with Crippen LogP contribution in [0.25, 0.3) is 0 Å². The number of nitrogens with one attached hydrogen (secondary N) is 2. The molecule has 2 atom stereocenters. The van der Waals surface area contributed by atoms with Crippen molar-refractivity contribution in [3.63, 3.8) is 0 Å². The minimum absolute atomic E-state index is 0.441. The highest BCUT2D eigenvalue weighted by Gasteiger charge is 2.14. The zero-order chi connectivity index (χ0) is 10.9. The van der Waals surface area contributed by atoms with Gasteiger partial charge in [-0.1, -0.05) is 0 Å². The molecule has 1 rings (SSSR count). The molecular weight excluding hydrogens is 192 g/mol. The van der Waals surface area contributed by atoms with Gasteiger partial charge in [-0.15, -0.1) is 0 Å². The Morgan fingerprint density at radius 1 is 1.53 bits per heavy atom. The van der Waals surface area contributed by atoms with E-state index in [1.807, 2.05) is 0 Å². The van der Waals surface area contributed by atoms with Gasteiger partial charge in [-0.3, -0.25) is 0 Å². The van der Waals surface area contributed by atoms with E-state index in [9.17, 15) is 0 Å². The number of ether oxygens (including phenoxy) is 2. The number of hydrogen-bond donors (Lipinski definition) is 2. The summed E-state index contributed by atoms with van der Waals surface area (Å²) in [4.78, 5) is 0. The van der Waals surface area contributed by atoms with Gasteiger partial charge >= 0.3 is 0 Å². The molecule has 0 aromatic carbocycles. The minimum atomic E-state index is 0.441. The molecule has 0 radical (unpaired) electrons. The summed E-state index contributed by atoms with van der Waals surface area (Å²) in [6.07, 6.45) is 2.86. The Morgan fingerprint density at radius 3 is 3.07 bits per heavy atom. The molecular formula is C11H24N2O2. The first-order valence-electron chi connectivity index (χ1n) is 5.87. The van der Waals surface area contributed by atoms with Crippen molar-refractivity contribution in [2.75, 3.05) is 40.0 Å². The van der Waals surface area contributed by atoms with E-state index in [1.54, 1.807) is 7.11 Å². The van der Waals surface area contributed by atoms with Gasteiger partial charge in [0.2, 0.25) is 0 Å². The van der Waals surface area contributed by atoms with Crippen LogP contribution in [0.2, 0.25) is 0 Å². The molecule has 0 amide bonds. The maximum absolute atomic E-state index is 5.53. The Balaban J connectivity index is 1.89. The van der Waals surface area contributed by atoms with Crippen LogP contribution >= 0.6 is 0 Å². The SMILES string of the molecule is COCCNC(C)CNCC1CCCO1. The van der Waals surface area contributed by atoms with E-state index in [0.717, 1.165) is 32.8 Å². The molecule has 1 heterocycles. The molecule has 1 aliphatic heterocycles. The molecule has 90 valence electrons.